The lowest BCUT2D eigenvalue weighted by molar-refractivity contribution is -0.114. The van der Waals surface area contributed by atoms with Gasteiger partial charge in [0.15, 0.2) is 11.6 Å². The van der Waals surface area contributed by atoms with Gasteiger partial charge in [-0.05, 0) is 36.4 Å². The molecule has 0 spiro atoms. The van der Waals surface area contributed by atoms with Crippen molar-refractivity contribution in [1.82, 2.24) is 0 Å². The smallest absolute Gasteiger partial charge is 0.335 e. The first-order chi connectivity index (χ1) is 15.5. The lowest BCUT2D eigenvalue weighted by Crippen LogP contribution is -2.30. The molecule has 0 radical (unpaired) electrons. The monoisotopic (exact) mass is 438 g/mol. The third-order valence-corrected chi connectivity index (χ3v) is 4.68. The summed E-state index contributed by atoms with van der Waals surface area (Å²) in [7, 11) is 3.23. The number of carboxylic acids is 1. The van der Waals surface area contributed by atoms with Gasteiger partial charge in [0.2, 0.25) is 0 Å². The summed E-state index contributed by atoms with van der Waals surface area (Å²) in [6.45, 7) is 2.18. The van der Waals surface area contributed by atoms with Gasteiger partial charge < -0.3 is 23.9 Å². The molecule has 10 heteroatoms. The van der Waals surface area contributed by atoms with Crippen LogP contribution in [0.5, 0.6) is 0 Å². The van der Waals surface area contributed by atoms with Gasteiger partial charge in [0.25, 0.3) is 5.91 Å². The Kier molecular flexibility index (Phi) is 7.38. The van der Waals surface area contributed by atoms with Crippen LogP contribution in [-0.4, -0.2) is 63.2 Å². The molecule has 1 N–H and O–H groups in total. The number of hydrogen-bond acceptors (Lipinski definition) is 8. The average Bonchev–Trinajstić information content (AvgIpc) is 3.39. The Morgan fingerprint density at radius 2 is 1.84 bits per heavy atom. The van der Waals surface area contributed by atoms with Gasteiger partial charge in [-0.15, -0.1) is 0 Å². The molecule has 3 rings (SSSR count). The molecule has 1 aromatic carbocycles. The van der Waals surface area contributed by atoms with E-state index in [4.69, 9.17) is 19.0 Å². The molecule has 0 unspecified atom stereocenters. The number of hydrazone groups is 1. The molecule has 1 aliphatic heterocycles. The van der Waals surface area contributed by atoms with E-state index in [1.807, 2.05) is 11.0 Å². The van der Waals surface area contributed by atoms with Crippen molar-refractivity contribution >= 4 is 35.2 Å². The van der Waals surface area contributed by atoms with Gasteiger partial charge in [-0.2, -0.15) is 15.4 Å². The van der Waals surface area contributed by atoms with E-state index >= 15 is 0 Å². The van der Waals surface area contributed by atoms with Gasteiger partial charge in [-0.25, -0.2) is 4.79 Å². The predicted molar refractivity (Wildman–Crippen MR) is 117 cm³/mol. The number of aromatic carboxylic acids is 1. The third-order valence-electron chi connectivity index (χ3n) is 4.68. The normalized spacial score (nSPS) is 14.5. The maximum atomic E-state index is 12.9. The highest BCUT2D eigenvalue weighted by molar-refractivity contribution is 6.37. The lowest BCUT2D eigenvalue weighted by atomic mass is 10.1. The van der Waals surface area contributed by atoms with Crippen molar-refractivity contribution in [2.24, 2.45) is 5.10 Å². The number of nitrogens with zero attached hydrogens (tertiary/aromatic N) is 4. The van der Waals surface area contributed by atoms with E-state index in [2.05, 4.69) is 5.10 Å². The summed E-state index contributed by atoms with van der Waals surface area (Å²) in [6.07, 6.45) is 1.46. The molecule has 0 saturated carbocycles. The number of anilines is 2. The number of nitriles is 1. The second-order valence-electron chi connectivity index (χ2n) is 6.74. The molecule has 1 amide bonds. The van der Waals surface area contributed by atoms with Crippen molar-refractivity contribution in [2.75, 3.05) is 50.4 Å². The standard InChI is InChI=1S/C22H22N4O6/c1-30-11-9-25(10-12-31-2)20-8-7-17(32-20)13-18-19(14-23)24-26(21(18)27)16-5-3-15(4-6-16)22(28)29/h3-8,13H,9-12H2,1-2H3,(H,28,29). The van der Waals surface area contributed by atoms with Gasteiger partial charge in [0.05, 0.1) is 30.0 Å². The lowest BCUT2D eigenvalue weighted by Gasteiger charge is -2.20. The van der Waals surface area contributed by atoms with Crippen molar-refractivity contribution in [2.45, 2.75) is 0 Å². The van der Waals surface area contributed by atoms with Gasteiger partial charge in [0.1, 0.15) is 11.8 Å². The quantitative estimate of drug-likeness (QED) is 0.560. The molecule has 166 valence electrons. The molecule has 1 aliphatic rings. The molecule has 0 fully saturated rings. The summed E-state index contributed by atoms with van der Waals surface area (Å²) >= 11 is 0. The van der Waals surface area contributed by atoms with Crippen LogP contribution in [0.3, 0.4) is 0 Å². The SMILES string of the molecule is COCCN(CCOC)c1ccc(C=C2C(=O)N(c3ccc(C(=O)O)cc3)N=C2C#N)o1. The van der Waals surface area contributed by atoms with E-state index in [1.54, 1.807) is 26.4 Å². The number of methoxy groups -OCH3 is 2. The second kappa shape index (κ2) is 10.4. The van der Waals surface area contributed by atoms with Crippen LogP contribution in [0.2, 0.25) is 0 Å². The zero-order valence-corrected chi connectivity index (χ0v) is 17.6. The van der Waals surface area contributed by atoms with Crippen molar-refractivity contribution in [1.29, 1.82) is 5.26 Å². The number of benzene rings is 1. The average molecular weight is 438 g/mol. The van der Waals surface area contributed by atoms with Crippen LogP contribution >= 0.6 is 0 Å². The minimum absolute atomic E-state index is 0.0640. The first-order valence-electron chi connectivity index (χ1n) is 9.69. The summed E-state index contributed by atoms with van der Waals surface area (Å²) < 4.78 is 16.1. The molecule has 32 heavy (non-hydrogen) atoms. The van der Waals surface area contributed by atoms with E-state index in [0.29, 0.717) is 43.6 Å². The predicted octanol–water partition coefficient (Wildman–Crippen LogP) is 2.39. The number of furan rings is 1. The highest BCUT2D eigenvalue weighted by Crippen LogP contribution is 2.27. The molecule has 0 bridgehead atoms. The van der Waals surface area contributed by atoms with E-state index < -0.39 is 11.9 Å². The Labute approximate surface area is 184 Å². The van der Waals surface area contributed by atoms with E-state index in [1.165, 1.54) is 30.3 Å². The summed E-state index contributed by atoms with van der Waals surface area (Å²) in [6, 6.07) is 11.0. The number of carboxylic acid groups (broad SMARTS) is 1. The first-order valence-corrected chi connectivity index (χ1v) is 9.69. The molecule has 2 aromatic rings. The topological polar surface area (TPSA) is 129 Å². The summed E-state index contributed by atoms with van der Waals surface area (Å²) in [5, 5.41) is 23.6. The molecule has 0 atom stereocenters. The van der Waals surface area contributed by atoms with E-state index in [9.17, 15) is 14.9 Å². The number of rotatable bonds is 10. The summed E-state index contributed by atoms with van der Waals surface area (Å²) in [4.78, 5) is 25.9. The fraction of sp³-hybridized carbons (Fsp3) is 0.273. The fourth-order valence-corrected chi connectivity index (χ4v) is 3.01. The van der Waals surface area contributed by atoms with Gasteiger partial charge in [0, 0.05) is 33.4 Å². The van der Waals surface area contributed by atoms with Crippen LogP contribution in [-0.2, 0) is 14.3 Å². The summed E-state index contributed by atoms with van der Waals surface area (Å²) in [5.41, 5.74) is 0.443. The highest BCUT2D eigenvalue weighted by atomic mass is 16.5. The van der Waals surface area contributed by atoms with Gasteiger partial charge in [-0.1, -0.05) is 0 Å². The van der Waals surface area contributed by atoms with Gasteiger partial charge in [-0.3, -0.25) is 4.79 Å². The number of carbonyl (C=O) groups is 2. The molecule has 0 aliphatic carbocycles. The van der Waals surface area contributed by atoms with Crippen LogP contribution < -0.4 is 9.91 Å². The Morgan fingerprint density at radius 1 is 1.19 bits per heavy atom. The zero-order valence-electron chi connectivity index (χ0n) is 17.6. The van der Waals surface area contributed by atoms with Crippen molar-refractivity contribution < 1.29 is 28.6 Å². The number of amides is 1. The van der Waals surface area contributed by atoms with E-state index in [-0.39, 0.29) is 16.8 Å². The van der Waals surface area contributed by atoms with Crippen LogP contribution in [0.15, 0.2) is 51.5 Å². The summed E-state index contributed by atoms with van der Waals surface area (Å²) in [5.74, 6) is -0.634. The molecule has 0 saturated heterocycles. The van der Waals surface area contributed by atoms with Crippen molar-refractivity contribution in [3.63, 3.8) is 0 Å². The van der Waals surface area contributed by atoms with Crippen LogP contribution in [0.4, 0.5) is 11.6 Å². The number of hydrogen-bond donors (Lipinski definition) is 1. The van der Waals surface area contributed by atoms with Crippen molar-refractivity contribution in [3.05, 3.63) is 53.3 Å². The van der Waals surface area contributed by atoms with Crippen molar-refractivity contribution in [3.8, 4) is 6.07 Å². The zero-order chi connectivity index (χ0) is 23.1. The van der Waals surface area contributed by atoms with E-state index in [0.717, 1.165) is 5.01 Å². The maximum Gasteiger partial charge on any atom is 0.335 e. The Morgan fingerprint density at radius 3 is 2.41 bits per heavy atom. The third kappa shape index (κ3) is 5.03. The first kappa shape index (κ1) is 22.7. The number of carbonyl (C=O) groups excluding carboxylic acids is 1. The Balaban J connectivity index is 1.84. The molecule has 1 aromatic heterocycles. The Hall–Kier alpha value is -3.94. The minimum atomic E-state index is -1.08. The molecule has 2 heterocycles. The minimum Gasteiger partial charge on any atom is -0.478 e. The number of ether oxygens (including phenoxy) is 2. The fourth-order valence-electron chi connectivity index (χ4n) is 3.01. The van der Waals surface area contributed by atoms with Crippen LogP contribution in [0, 0.1) is 11.3 Å². The molecular formula is C22H22N4O6. The largest absolute Gasteiger partial charge is 0.478 e. The Bertz CT molecular complexity index is 1070. The second-order valence-corrected chi connectivity index (χ2v) is 6.74. The van der Waals surface area contributed by atoms with Crippen LogP contribution in [0.1, 0.15) is 16.1 Å². The van der Waals surface area contributed by atoms with Crippen LogP contribution in [0.25, 0.3) is 6.08 Å². The molecular weight excluding hydrogens is 416 g/mol. The van der Waals surface area contributed by atoms with Gasteiger partial charge >= 0.3 is 5.97 Å². The molecule has 10 nitrogen and oxygen atoms in total. The maximum absolute atomic E-state index is 12.9. The highest BCUT2D eigenvalue weighted by Gasteiger charge is 2.32.